The van der Waals surface area contributed by atoms with E-state index in [-0.39, 0.29) is 6.04 Å². The first-order valence-corrected chi connectivity index (χ1v) is 6.52. The van der Waals surface area contributed by atoms with Crippen molar-refractivity contribution in [2.24, 2.45) is 4.99 Å². The van der Waals surface area contributed by atoms with Crippen LogP contribution in [0.2, 0.25) is 0 Å². The van der Waals surface area contributed by atoms with E-state index in [9.17, 15) is 0 Å². The fourth-order valence-corrected chi connectivity index (χ4v) is 3.46. The van der Waals surface area contributed by atoms with Crippen LogP contribution in [0, 0.1) is 0 Å². The van der Waals surface area contributed by atoms with Crippen molar-refractivity contribution < 1.29 is 0 Å². The predicted octanol–water partition coefficient (Wildman–Crippen LogP) is 2.69. The van der Waals surface area contributed by atoms with Crippen molar-refractivity contribution in [1.82, 2.24) is 9.71 Å². The molecule has 0 unspecified atom stereocenters. The molecular formula is C7H9BrN4S2. The average molecular weight is 293 g/mol. The zero-order valence-electron chi connectivity index (χ0n) is 7.67. The number of halogens is 1. The topological polar surface area (TPSA) is 49.3 Å². The number of aromatic nitrogens is 1. The highest BCUT2D eigenvalue weighted by atomic mass is 79.9. The molecule has 2 heterocycles. The lowest BCUT2D eigenvalue weighted by molar-refractivity contribution is 0.830. The molecule has 14 heavy (non-hydrogen) atoms. The van der Waals surface area contributed by atoms with Crippen LogP contribution in [0.3, 0.4) is 0 Å². The molecule has 0 aromatic carbocycles. The Hall–Kier alpha value is -0.270. The van der Waals surface area contributed by atoms with E-state index in [1.165, 1.54) is 0 Å². The van der Waals surface area contributed by atoms with E-state index >= 15 is 0 Å². The third-order valence-electron chi connectivity index (χ3n) is 1.43. The van der Waals surface area contributed by atoms with Gasteiger partial charge in [-0.25, -0.2) is 9.98 Å². The van der Waals surface area contributed by atoms with Crippen LogP contribution in [-0.4, -0.2) is 17.0 Å². The molecule has 7 heteroatoms. The Balaban J connectivity index is 2.21. The second kappa shape index (κ2) is 4.08. The molecule has 0 radical (unpaired) electrons. The Morgan fingerprint density at radius 2 is 2.29 bits per heavy atom. The summed E-state index contributed by atoms with van der Waals surface area (Å²) in [4.78, 5) is 8.66. The second-order valence-electron chi connectivity index (χ2n) is 3.00. The molecule has 0 amide bonds. The summed E-state index contributed by atoms with van der Waals surface area (Å²) in [7, 11) is 0. The normalized spacial score (nSPS) is 17.9. The van der Waals surface area contributed by atoms with E-state index < -0.39 is 0 Å². The lowest BCUT2D eigenvalue weighted by Gasteiger charge is -2.16. The van der Waals surface area contributed by atoms with Crippen LogP contribution in [-0.2, 0) is 0 Å². The SMILES string of the molecule is CC(C)N=C1NSc2sc(Br)nc2N1. The van der Waals surface area contributed by atoms with Gasteiger partial charge in [0.25, 0.3) is 0 Å². The summed E-state index contributed by atoms with van der Waals surface area (Å²) < 4.78 is 5.13. The molecule has 2 rings (SSSR count). The fourth-order valence-electron chi connectivity index (χ4n) is 0.979. The quantitative estimate of drug-likeness (QED) is 0.782. The number of hydrogen-bond acceptors (Lipinski definition) is 4. The maximum Gasteiger partial charge on any atom is 0.207 e. The highest BCUT2D eigenvalue weighted by Crippen LogP contribution is 2.36. The first-order chi connectivity index (χ1) is 6.65. The van der Waals surface area contributed by atoms with E-state index in [0.29, 0.717) is 0 Å². The Bertz CT molecular complexity index is 374. The van der Waals surface area contributed by atoms with E-state index in [1.807, 2.05) is 13.8 Å². The lowest BCUT2D eigenvalue weighted by atomic mass is 10.4. The average Bonchev–Trinajstić information content (AvgIpc) is 2.42. The number of nitrogens with one attached hydrogen (secondary N) is 2. The van der Waals surface area contributed by atoms with E-state index in [4.69, 9.17) is 0 Å². The number of fused-ring (bicyclic) bond motifs is 1. The van der Waals surface area contributed by atoms with Crippen molar-refractivity contribution in [3.63, 3.8) is 0 Å². The number of rotatable bonds is 1. The van der Waals surface area contributed by atoms with Gasteiger partial charge in [0.2, 0.25) is 5.96 Å². The summed E-state index contributed by atoms with van der Waals surface area (Å²) in [5.41, 5.74) is 0. The zero-order valence-corrected chi connectivity index (χ0v) is 10.9. The molecule has 0 saturated heterocycles. The van der Waals surface area contributed by atoms with E-state index in [2.05, 4.69) is 35.9 Å². The smallest absolute Gasteiger partial charge is 0.207 e. The van der Waals surface area contributed by atoms with Gasteiger partial charge in [0.1, 0.15) is 4.21 Å². The van der Waals surface area contributed by atoms with Crippen LogP contribution in [0.5, 0.6) is 0 Å². The summed E-state index contributed by atoms with van der Waals surface area (Å²) >= 11 is 6.49. The first-order valence-electron chi connectivity index (χ1n) is 4.09. The first kappa shape index (κ1) is 10.3. The van der Waals surface area contributed by atoms with Gasteiger partial charge < -0.3 is 5.32 Å². The molecule has 4 nitrogen and oxygen atoms in total. The summed E-state index contributed by atoms with van der Waals surface area (Å²) in [5, 5.41) is 3.14. The Morgan fingerprint density at radius 3 is 3.00 bits per heavy atom. The molecule has 0 aliphatic carbocycles. The predicted molar refractivity (Wildman–Crippen MR) is 65.0 cm³/mol. The van der Waals surface area contributed by atoms with Gasteiger partial charge in [-0.15, -0.1) is 0 Å². The lowest BCUT2D eigenvalue weighted by Crippen LogP contribution is -2.29. The fraction of sp³-hybridized carbons (Fsp3) is 0.429. The molecule has 0 spiro atoms. The van der Waals surface area contributed by atoms with Crippen molar-refractivity contribution in [3.05, 3.63) is 3.92 Å². The zero-order chi connectivity index (χ0) is 10.1. The largest absolute Gasteiger partial charge is 0.308 e. The maximum absolute atomic E-state index is 4.37. The minimum Gasteiger partial charge on any atom is -0.308 e. The molecule has 1 aliphatic heterocycles. The molecule has 1 aromatic rings. The minimum atomic E-state index is 0.272. The molecular weight excluding hydrogens is 284 g/mol. The van der Waals surface area contributed by atoms with Crippen LogP contribution in [0.1, 0.15) is 13.8 Å². The second-order valence-corrected chi connectivity index (χ2v) is 6.35. The van der Waals surface area contributed by atoms with Crippen LogP contribution >= 0.6 is 39.2 Å². The monoisotopic (exact) mass is 292 g/mol. The molecule has 0 atom stereocenters. The summed E-state index contributed by atoms with van der Waals surface area (Å²) in [5.74, 6) is 1.65. The third kappa shape index (κ3) is 2.21. The number of nitrogens with zero attached hydrogens (tertiary/aromatic N) is 2. The van der Waals surface area contributed by atoms with E-state index in [0.717, 1.165) is 19.9 Å². The van der Waals surface area contributed by atoms with Gasteiger partial charge in [0, 0.05) is 18.0 Å². The van der Waals surface area contributed by atoms with E-state index in [1.54, 1.807) is 23.3 Å². The highest BCUT2D eigenvalue weighted by molar-refractivity contribution is 9.11. The minimum absolute atomic E-state index is 0.272. The van der Waals surface area contributed by atoms with Crippen molar-refractivity contribution in [1.29, 1.82) is 0 Å². The highest BCUT2D eigenvalue weighted by Gasteiger charge is 2.18. The number of hydrogen-bond donors (Lipinski definition) is 2. The molecule has 2 N–H and O–H groups in total. The molecule has 0 fully saturated rings. The third-order valence-corrected chi connectivity index (χ3v) is 3.91. The van der Waals surface area contributed by atoms with Gasteiger partial charge in [0.15, 0.2) is 9.73 Å². The Kier molecular flexibility index (Phi) is 2.99. The Morgan fingerprint density at radius 1 is 1.50 bits per heavy atom. The van der Waals surface area contributed by atoms with Crippen molar-refractivity contribution in [2.75, 3.05) is 5.32 Å². The number of aliphatic imine (C=N–C) groups is 1. The van der Waals surface area contributed by atoms with Gasteiger partial charge in [-0.2, -0.15) is 0 Å². The van der Waals surface area contributed by atoms with Crippen LogP contribution in [0.25, 0.3) is 0 Å². The van der Waals surface area contributed by atoms with Gasteiger partial charge in [0.05, 0.1) is 0 Å². The van der Waals surface area contributed by atoms with Crippen LogP contribution < -0.4 is 10.0 Å². The standard InChI is InChI=1S/C7H9BrN4S2/c1-3(2)9-7-11-4-5(14-12-7)13-6(8)10-4/h3H,1-2H3,(H2,9,11,12). The molecule has 0 saturated carbocycles. The Labute approximate surface area is 98.9 Å². The number of anilines is 1. The van der Waals surface area contributed by atoms with Crippen molar-refractivity contribution in [2.45, 2.75) is 24.1 Å². The van der Waals surface area contributed by atoms with Crippen molar-refractivity contribution in [3.8, 4) is 0 Å². The molecule has 76 valence electrons. The van der Waals surface area contributed by atoms with Gasteiger partial charge in [-0.1, -0.05) is 11.3 Å². The van der Waals surface area contributed by atoms with Gasteiger partial charge in [-0.3, -0.25) is 4.72 Å². The number of thiazole rings is 1. The van der Waals surface area contributed by atoms with Crippen molar-refractivity contribution >= 4 is 51.0 Å². The van der Waals surface area contributed by atoms with Crippen LogP contribution in [0.4, 0.5) is 5.82 Å². The summed E-state index contributed by atoms with van der Waals surface area (Å²) in [6.07, 6.45) is 0. The molecule has 0 bridgehead atoms. The molecule has 1 aliphatic rings. The van der Waals surface area contributed by atoms with Gasteiger partial charge >= 0.3 is 0 Å². The maximum atomic E-state index is 4.37. The number of guanidine groups is 1. The summed E-state index contributed by atoms with van der Waals surface area (Å²) in [6, 6.07) is 0.272. The van der Waals surface area contributed by atoms with Gasteiger partial charge in [-0.05, 0) is 29.8 Å². The summed E-state index contributed by atoms with van der Waals surface area (Å²) in [6.45, 7) is 4.07. The molecule has 1 aromatic heterocycles. The van der Waals surface area contributed by atoms with Crippen LogP contribution in [0.15, 0.2) is 13.1 Å².